The Morgan fingerprint density at radius 3 is 2.42 bits per heavy atom. The van der Waals surface area contributed by atoms with Crippen molar-refractivity contribution in [1.29, 1.82) is 0 Å². The average molecular weight is 373 g/mol. The predicted molar refractivity (Wildman–Crippen MR) is 110 cm³/mol. The number of carbonyl (C=O) groups is 1. The minimum absolute atomic E-state index is 0.0839. The predicted octanol–water partition coefficient (Wildman–Crippen LogP) is 3.14. The minimum Gasteiger partial charge on any atom is -0.356 e. The number of benzene rings is 1. The maximum atomic E-state index is 12.3. The van der Waals surface area contributed by atoms with Gasteiger partial charge in [0.25, 0.3) is 5.91 Å². The molecule has 5 nitrogen and oxygen atoms in total. The van der Waals surface area contributed by atoms with Gasteiger partial charge in [0.05, 0.1) is 0 Å². The number of carbonyl (C=O) groups excluding carboxylic acids is 1. The normalized spacial score (nSPS) is 11.3. The minimum atomic E-state index is 0.0839. The van der Waals surface area contributed by atoms with Crippen LogP contribution in [0.2, 0.25) is 0 Å². The Balaban J connectivity index is 1.81. The number of rotatable bonds is 8. The highest BCUT2D eigenvalue weighted by Crippen LogP contribution is 2.09. The zero-order chi connectivity index (χ0) is 18.8. The Hall–Kier alpha value is -2.34. The van der Waals surface area contributed by atoms with Crippen molar-refractivity contribution >= 4 is 23.2 Å². The molecule has 2 N–H and O–H groups in total. The molecule has 0 unspecified atom stereocenters. The van der Waals surface area contributed by atoms with Crippen LogP contribution in [0, 0.1) is 0 Å². The first-order valence-electron chi connectivity index (χ1n) is 9.03. The second-order valence-electron chi connectivity index (χ2n) is 5.86. The average Bonchev–Trinajstić information content (AvgIpc) is 3.19. The third-order valence-corrected chi connectivity index (χ3v) is 5.12. The number of guanidine groups is 1. The van der Waals surface area contributed by atoms with Gasteiger partial charge in [0.2, 0.25) is 0 Å². The Morgan fingerprint density at radius 1 is 1.12 bits per heavy atom. The summed E-state index contributed by atoms with van der Waals surface area (Å²) >= 11 is 1.77. The molecule has 140 valence electrons. The van der Waals surface area contributed by atoms with Gasteiger partial charge in [0.1, 0.15) is 0 Å². The van der Waals surface area contributed by atoms with Gasteiger partial charge in [-0.1, -0.05) is 18.2 Å². The van der Waals surface area contributed by atoms with E-state index in [4.69, 9.17) is 0 Å². The summed E-state index contributed by atoms with van der Waals surface area (Å²) in [5, 5.41) is 8.72. The van der Waals surface area contributed by atoms with E-state index in [0.29, 0.717) is 6.54 Å². The van der Waals surface area contributed by atoms with Crippen molar-refractivity contribution in [2.45, 2.75) is 26.8 Å². The van der Waals surface area contributed by atoms with E-state index >= 15 is 0 Å². The summed E-state index contributed by atoms with van der Waals surface area (Å²) in [7, 11) is 1.77. The van der Waals surface area contributed by atoms with Crippen molar-refractivity contribution in [1.82, 2.24) is 15.5 Å². The molecule has 0 atom stereocenters. The second-order valence-corrected chi connectivity index (χ2v) is 6.89. The molecule has 0 bridgehead atoms. The Bertz CT molecular complexity index is 691. The first kappa shape index (κ1) is 20.0. The van der Waals surface area contributed by atoms with Gasteiger partial charge in [-0.15, -0.1) is 11.3 Å². The fraction of sp³-hybridized carbons (Fsp3) is 0.400. The number of thiophene rings is 1. The standard InChI is InChI=1S/C20H28N4OS/c1-4-24(5-2)19(25)17-10-8-16(9-11-17)15-23-20(21-3)22-13-12-18-7-6-14-26-18/h6-11,14H,4-5,12-13,15H2,1-3H3,(H2,21,22,23). The van der Waals surface area contributed by atoms with Gasteiger partial charge in [-0.05, 0) is 49.4 Å². The van der Waals surface area contributed by atoms with Crippen molar-refractivity contribution < 1.29 is 4.79 Å². The van der Waals surface area contributed by atoms with Gasteiger partial charge in [0.15, 0.2) is 5.96 Å². The monoisotopic (exact) mass is 372 g/mol. The van der Waals surface area contributed by atoms with Crippen LogP contribution in [0.25, 0.3) is 0 Å². The fourth-order valence-electron chi connectivity index (χ4n) is 2.62. The lowest BCUT2D eigenvalue weighted by atomic mass is 10.1. The summed E-state index contributed by atoms with van der Waals surface area (Å²) < 4.78 is 0. The summed E-state index contributed by atoms with van der Waals surface area (Å²) in [5.74, 6) is 0.866. The van der Waals surface area contributed by atoms with E-state index in [-0.39, 0.29) is 5.91 Å². The molecule has 26 heavy (non-hydrogen) atoms. The molecule has 0 aliphatic rings. The molecular weight excluding hydrogens is 344 g/mol. The topological polar surface area (TPSA) is 56.7 Å². The second kappa shape index (κ2) is 10.6. The summed E-state index contributed by atoms with van der Waals surface area (Å²) in [4.78, 5) is 19.8. The summed E-state index contributed by atoms with van der Waals surface area (Å²) in [5.41, 5.74) is 1.85. The Kier molecular flexibility index (Phi) is 8.15. The van der Waals surface area contributed by atoms with Crippen LogP contribution in [0.1, 0.15) is 34.6 Å². The molecule has 1 aromatic heterocycles. The highest BCUT2D eigenvalue weighted by molar-refractivity contribution is 7.09. The van der Waals surface area contributed by atoms with E-state index in [1.807, 2.05) is 43.0 Å². The largest absolute Gasteiger partial charge is 0.356 e. The first-order chi connectivity index (χ1) is 12.7. The molecule has 0 saturated carbocycles. The number of amides is 1. The summed E-state index contributed by atoms with van der Waals surface area (Å²) in [6.07, 6.45) is 0.987. The van der Waals surface area contributed by atoms with E-state index in [9.17, 15) is 4.79 Å². The Morgan fingerprint density at radius 2 is 1.85 bits per heavy atom. The van der Waals surface area contributed by atoms with Gasteiger partial charge in [-0.3, -0.25) is 9.79 Å². The molecule has 0 aliphatic carbocycles. The first-order valence-corrected chi connectivity index (χ1v) is 9.91. The number of hydrogen-bond acceptors (Lipinski definition) is 3. The number of hydrogen-bond donors (Lipinski definition) is 2. The zero-order valence-electron chi connectivity index (χ0n) is 15.8. The van der Waals surface area contributed by atoms with Crippen molar-refractivity contribution in [3.05, 3.63) is 57.8 Å². The molecule has 1 aromatic carbocycles. The van der Waals surface area contributed by atoms with Crippen molar-refractivity contribution in [2.75, 3.05) is 26.7 Å². The van der Waals surface area contributed by atoms with E-state index in [2.05, 4.69) is 33.1 Å². The van der Waals surface area contributed by atoms with Crippen molar-refractivity contribution in [3.63, 3.8) is 0 Å². The van der Waals surface area contributed by atoms with Crippen LogP contribution in [0.5, 0.6) is 0 Å². The van der Waals surface area contributed by atoms with Crippen LogP contribution in [-0.4, -0.2) is 43.4 Å². The van der Waals surface area contributed by atoms with Crippen LogP contribution >= 0.6 is 11.3 Å². The summed E-state index contributed by atoms with van der Waals surface area (Å²) in [6, 6.07) is 12.0. The van der Waals surface area contributed by atoms with Crippen LogP contribution in [0.4, 0.5) is 0 Å². The number of aliphatic imine (C=N–C) groups is 1. The van der Waals surface area contributed by atoms with Gasteiger partial charge in [-0.25, -0.2) is 0 Å². The fourth-order valence-corrected chi connectivity index (χ4v) is 3.33. The maximum Gasteiger partial charge on any atom is 0.253 e. The molecule has 2 rings (SSSR count). The Labute approximate surface area is 160 Å². The molecule has 0 fully saturated rings. The highest BCUT2D eigenvalue weighted by Gasteiger charge is 2.11. The summed E-state index contributed by atoms with van der Waals surface area (Å²) in [6.45, 7) is 6.96. The lowest BCUT2D eigenvalue weighted by Crippen LogP contribution is -2.37. The van der Waals surface area contributed by atoms with Crippen molar-refractivity contribution in [2.24, 2.45) is 4.99 Å². The van der Waals surface area contributed by atoms with E-state index in [1.54, 1.807) is 18.4 Å². The third kappa shape index (κ3) is 5.88. The molecule has 0 saturated heterocycles. The molecule has 1 amide bonds. The third-order valence-electron chi connectivity index (χ3n) is 4.18. The van der Waals surface area contributed by atoms with E-state index in [0.717, 1.165) is 43.1 Å². The van der Waals surface area contributed by atoms with E-state index < -0.39 is 0 Å². The molecule has 0 spiro atoms. The van der Waals surface area contributed by atoms with Crippen LogP contribution in [0.15, 0.2) is 46.8 Å². The lowest BCUT2D eigenvalue weighted by molar-refractivity contribution is 0.0773. The number of nitrogens with one attached hydrogen (secondary N) is 2. The van der Waals surface area contributed by atoms with Crippen LogP contribution in [-0.2, 0) is 13.0 Å². The SMILES string of the molecule is CCN(CC)C(=O)c1ccc(CNC(=NC)NCCc2cccs2)cc1. The molecule has 0 aliphatic heterocycles. The van der Waals surface area contributed by atoms with Gasteiger partial charge >= 0.3 is 0 Å². The van der Waals surface area contributed by atoms with Crippen LogP contribution in [0.3, 0.4) is 0 Å². The van der Waals surface area contributed by atoms with Crippen LogP contribution < -0.4 is 10.6 Å². The zero-order valence-corrected chi connectivity index (χ0v) is 16.6. The quantitative estimate of drug-likeness (QED) is 0.553. The molecule has 0 radical (unpaired) electrons. The highest BCUT2D eigenvalue weighted by atomic mass is 32.1. The van der Waals surface area contributed by atoms with Crippen molar-refractivity contribution in [3.8, 4) is 0 Å². The maximum absolute atomic E-state index is 12.3. The molecule has 6 heteroatoms. The van der Waals surface area contributed by atoms with Gasteiger partial charge in [0, 0.05) is 43.7 Å². The smallest absolute Gasteiger partial charge is 0.253 e. The van der Waals surface area contributed by atoms with Gasteiger partial charge < -0.3 is 15.5 Å². The van der Waals surface area contributed by atoms with Gasteiger partial charge in [-0.2, -0.15) is 0 Å². The molecular formula is C20H28N4OS. The lowest BCUT2D eigenvalue weighted by Gasteiger charge is -2.18. The molecule has 1 heterocycles. The molecule has 2 aromatic rings. The van der Waals surface area contributed by atoms with E-state index in [1.165, 1.54) is 4.88 Å². The number of nitrogens with zero attached hydrogens (tertiary/aromatic N) is 2.